The minimum absolute atomic E-state index is 0.156. The highest BCUT2D eigenvalue weighted by molar-refractivity contribution is 5.86. The molecule has 18 heavy (non-hydrogen) atoms. The Morgan fingerprint density at radius 1 is 1.33 bits per heavy atom. The van der Waals surface area contributed by atoms with E-state index in [2.05, 4.69) is 10.2 Å². The van der Waals surface area contributed by atoms with Gasteiger partial charge in [-0.3, -0.25) is 14.5 Å². The molecular weight excluding hydrogens is 236 g/mol. The fourth-order valence-corrected chi connectivity index (χ4v) is 1.85. The van der Waals surface area contributed by atoms with E-state index in [0.29, 0.717) is 6.54 Å². The predicted molar refractivity (Wildman–Crippen MR) is 66.3 cm³/mol. The van der Waals surface area contributed by atoms with E-state index in [0.717, 1.165) is 32.8 Å². The Hall–Kier alpha value is -1.14. The second kappa shape index (κ2) is 6.70. The summed E-state index contributed by atoms with van der Waals surface area (Å²) in [5, 5.41) is 11.5. The summed E-state index contributed by atoms with van der Waals surface area (Å²) in [6, 6.07) is 0. The van der Waals surface area contributed by atoms with Gasteiger partial charge in [0.25, 0.3) is 0 Å². The molecule has 1 fully saturated rings. The molecular formula is C12H22N2O4. The summed E-state index contributed by atoms with van der Waals surface area (Å²) in [7, 11) is 0. The minimum atomic E-state index is -0.955. The zero-order valence-corrected chi connectivity index (χ0v) is 11.1. The molecule has 0 aromatic carbocycles. The maximum absolute atomic E-state index is 11.8. The van der Waals surface area contributed by atoms with Crippen LogP contribution in [-0.4, -0.2) is 61.3 Å². The molecule has 0 aromatic rings. The third kappa shape index (κ3) is 5.01. The molecule has 6 heteroatoms. The van der Waals surface area contributed by atoms with Crippen LogP contribution in [0.2, 0.25) is 0 Å². The van der Waals surface area contributed by atoms with Gasteiger partial charge in [-0.2, -0.15) is 0 Å². The summed E-state index contributed by atoms with van der Waals surface area (Å²) in [6.07, 6.45) is -0.156. The second-order valence-corrected chi connectivity index (χ2v) is 5.16. The molecule has 1 aliphatic heterocycles. The highest BCUT2D eigenvalue weighted by Gasteiger charge is 2.30. The third-order valence-corrected chi connectivity index (χ3v) is 3.03. The van der Waals surface area contributed by atoms with Crippen LogP contribution in [0, 0.1) is 5.41 Å². The number of carboxylic acids is 1. The van der Waals surface area contributed by atoms with Gasteiger partial charge in [-0.25, -0.2) is 0 Å². The fourth-order valence-electron chi connectivity index (χ4n) is 1.85. The van der Waals surface area contributed by atoms with Gasteiger partial charge in [0.2, 0.25) is 5.91 Å². The number of nitrogens with zero attached hydrogens (tertiary/aromatic N) is 1. The van der Waals surface area contributed by atoms with Crippen molar-refractivity contribution in [3.8, 4) is 0 Å². The van der Waals surface area contributed by atoms with Crippen LogP contribution < -0.4 is 5.32 Å². The van der Waals surface area contributed by atoms with Gasteiger partial charge in [0.05, 0.1) is 25.0 Å². The molecule has 2 N–H and O–H groups in total. The van der Waals surface area contributed by atoms with Gasteiger partial charge in [-0.15, -0.1) is 0 Å². The number of hydrogen-bond acceptors (Lipinski definition) is 4. The Balaban J connectivity index is 2.25. The van der Waals surface area contributed by atoms with E-state index in [4.69, 9.17) is 9.84 Å². The molecule has 0 radical (unpaired) electrons. The highest BCUT2D eigenvalue weighted by atomic mass is 16.5. The lowest BCUT2D eigenvalue weighted by molar-refractivity contribution is -0.144. The average molecular weight is 258 g/mol. The topological polar surface area (TPSA) is 78.9 Å². The van der Waals surface area contributed by atoms with Crippen LogP contribution in [0.25, 0.3) is 0 Å². The number of hydrogen-bond donors (Lipinski definition) is 2. The van der Waals surface area contributed by atoms with E-state index in [1.165, 1.54) is 0 Å². The largest absolute Gasteiger partial charge is 0.481 e. The quantitative estimate of drug-likeness (QED) is 0.697. The van der Waals surface area contributed by atoms with Gasteiger partial charge < -0.3 is 15.2 Å². The summed E-state index contributed by atoms with van der Waals surface area (Å²) in [6.45, 7) is 7.84. The van der Waals surface area contributed by atoms with E-state index in [1.54, 1.807) is 13.8 Å². The van der Waals surface area contributed by atoms with Crippen LogP contribution >= 0.6 is 0 Å². The van der Waals surface area contributed by atoms with E-state index in [1.807, 2.05) is 0 Å². The van der Waals surface area contributed by atoms with E-state index < -0.39 is 11.4 Å². The van der Waals surface area contributed by atoms with Crippen LogP contribution in [0.1, 0.15) is 20.3 Å². The Labute approximate surface area is 107 Å². The molecule has 0 bridgehead atoms. The molecule has 1 aliphatic rings. The van der Waals surface area contributed by atoms with Crippen molar-refractivity contribution in [3.05, 3.63) is 0 Å². The number of amides is 1. The number of nitrogens with one attached hydrogen (secondary N) is 1. The summed E-state index contributed by atoms with van der Waals surface area (Å²) in [5.74, 6) is -1.17. The molecule has 0 spiro atoms. The first kappa shape index (κ1) is 14.9. The molecule has 1 saturated heterocycles. The number of rotatable bonds is 6. The first-order chi connectivity index (χ1) is 8.42. The number of carbonyl (C=O) groups is 2. The zero-order chi connectivity index (χ0) is 13.6. The Kier molecular flexibility index (Phi) is 5.55. The molecule has 0 atom stereocenters. The van der Waals surface area contributed by atoms with Crippen molar-refractivity contribution in [1.82, 2.24) is 10.2 Å². The maximum atomic E-state index is 11.8. The minimum Gasteiger partial charge on any atom is -0.481 e. The SMILES string of the molecule is CC(C)(CC(=O)O)C(=O)NCCN1CCOCC1. The van der Waals surface area contributed by atoms with Gasteiger partial charge in [0, 0.05) is 26.2 Å². The molecule has 1 amide bonds. The normalized spacial score (nSPS) is 17.4. The third-order valence-electron chi connectivity index (χ3n) is 3.03. The van der Waals surface area contributed by atoms with Crippen molar-refractivity contribution in [3.63, 3.8) is 0 Å². The number of carbonyl (C=O) groups excluding carboxylic acids is 1. The average Bonchev–Trinajstić information content (AvgIpc) is 2.28. The monoisotopic (exact) mass is 258 g/mol. The van der Waals surface area contributed by atoms with Crippen molar-refractivity contribution in [2.45, 2.75) is 20.3 Å². The molecule has 6 nitrogen and oxygen atoms in total. The second-order valence-electron chi connectivity index (χ2n) is 5.16. The van der Waals surface area contributed by atoms with Crippen LogP contribution in [0.5, 0.6) is 0 Å². The number of morpholine rings is 1. The van der Waals surface area contributed by atoms with Crippen molar-refractivity contribution >= 4 is 11.9 Å². The van der Waals surface area contributed by atoms with Crippen molar-refractivity contribution < 1.29 is 19.4 Å². The van der Waals surface area contributed by atoms with Crippen LogP contribution in [-0.2, 0) is 14.3 Å². The lowest BCUT2D eigenvalue weighted by atomic mass is 9.88. The van der Waals surface area contributed by atoms with Crippen molar-refractivity contribution in [1.29, 1.82) is 0 Å². The number of carboxylic acid groups (broad SMARTS) is 1. The molecule has 0 unspecified atom stereocenters. The lowest BCUT2D eigenvalue weighted by Gasteiger charge is -2.27. The van der Waals surface area contributed by atoms with Crippen molar-refractivity contribution in [2.75, 3.05) is 39.4 Å². The van der Waals surface area contributed by atoms with Crippen LogP contribution in [0.4, 0.5) is 0 Å². The molecule has 1 rings (SSSR count). The summed E-state index contributed by atoms with van der Waals surface area (Å²) >= 11 is 0. The molecule has 0 aliphatic carbocycles. The summed E-state index contributed by atoms with van der Waals surface area (Å²) in [4.78, 5) is 24.7. The molecule has 1 heterocycles. The molecule has 104 valence electrons. The Morgan fingerprint density at radius 3 is 2.50 bits per heavy atom. The summed E-state index contributed by atoms with van der Waals surface area (Å²) in [5.41, 5.74) is -0.864. The van der Waals surface area contributed by atoms with E-state index in [9.17, 15) is 9.59 Å². The van der Waals surface area contributed by atoms with Gasteiger partial charge >= 0.3 is 5.97 Å². The number of aliphatic carboxylic acids is 1. The predicted octanol–water partition coefficient (Wildman–Crippen LogP) is -0.0643. The molecule has 0 aromatic heterocycles. The zero-order valence-electron chi connectivity index (χ0n) is 11.1. The lowest BCUT2D eigenvalue weighted by Crippen LogP contribution is -2.44. The molecule has 0 saturated carbocycles. The maximum Gasteiger partial charge on any atom is 0.304 e. The number of ether oxygens (including phenoxy) is 1. The Bertz CT molecular complexity index is 298. The van der Waals surface area contributed by atoms with Gasteiger partial charge in [-0.05, 0) is 0 Å². The van der Waals surface area contributed by atoms with Gasteiger partial charge in [0.15, 0.2) is 0 Å². The smallest absolute Gasteiger partial charge is 0.304 e. The van der Waals surface area contributed by atoms with Crippen molar-refractivity contribution in [2.24, 2.45) is 5.41 Å². The first-order valence-electron chi connectivity index (χ1n) is 6.22. The Morgan fingerprint density at radius 2 is 1.94 bits per heavy atom. The highest BCUT2D eigenvalue weighted by Crippen LogP contribution is 2.20. The first-order valence-corrected chi connectivity index (χ1v) is 6.22. The van der Waals surface area contributed by atoms with Crippen LogP contribution in [0.15, 0.2) is 0 Å². The van der Waals surface area contributed by atoms with E-state index >= 15 is 0 Å². The summed E-state index contributed by atoms with van der Waals surface area (Å²) < 4.78 is 5.23. The van der Waals surface area contributed by atoms with Crippen LogP contribution in [0.3, 0.4) is 0 Å². The standard InChI is InChI=1S/C12H22N2O4/c1-12(2,9-10(15)16)11(17)13-3-4-14-5-7-18-8-6-14/h3-9H2,1-2H3,(H,13,17)(H,15,16). The van der Waals surface area contributed by atoms with Gasteiger partial charge in [-0.1, -0.05) is 13.8 Å². The fraction of sp³-hybridized carbons (Fsp3) is 0.833. The van der Waals surface area contributed by atoms with E-state index in [-0.39, 0.29) is 12.3 Å². The van der Waals surface area contributed by atoms with Gasteiger partial charge in [0.1, 0.15) is 0 Å².